The molecule has 0 unspecified atom stereocenters. The van der Waals surface area contributed by atoms with E-state index in [9.17, 15) is 4.79 Å². The summed E-state index contributed by atoms with van der Waals surface area (Å²) < 4.78 is 0.502. The van der Waals surface area contributed by atoms with Crippen molar-refractivity contribution in [2.75, 3.05) is 22.6 Å². The van der Waals surface area contributed by atoms with E-state index in [0.717, 1.165) is 16.3 Å². The SMILES string of the molecule is C=CCSc1ccccc1NC(=O)c1ccc(C2SCCCS2)cc1. The molecule has 0 aliphatic carbocycles. The number of carbonyl (C=O) groups is 1. The molecule has 1 aliphatic rings. The molecule has 1 heterocycles. The van der Waals surface area contributed by atoms with Crippen molar-refractivity contribution in [3.63, 3.8) is 0 Å². The van der Waals surface area contributed by atoms with Crippen molar-refractivity contribution < 1.29 is 4.79 Å². The lowest BCUT2D eigenvalue weighted by Crippen LogP contribution is -2.12. The molecule has 2 nitrogen and oxygen atoms in total. The van der Waals surface area contributed by atoms with Gasteiger partial charge in [0.25, 0.3) is 5.91 Å². The monoisotopic (exact) mass is 387 g/mol. The van der Waals surface area contributed by atoms with E-state index in [-0.39, 0.29) is 5.91 Å². The number of rotatable bonds is 6. The normalized spacial score (nSPS) is 14.9. The van der Waals surface area contributed by atoms with Gasteiger partial charge in [-0.3, -0.25) is 4.79 Å². The molecule has 0 atom stereocenters. The molecule has 1 N–H and O–H groups in total. The van der Waals surface area contributed by atoms with Crippen molar-refractivity contribution in [1.82, 2.24) is 0 Å². The van der Waals surface area contributed by atoms with Crippen LogP contribution in [0.2, 0.25) is 0 Å². The fourth-order valence-electron chi connectivity index (χ4n) is 2.51. The largest absolute Gasteiger partial charge is 0.321 e. The summed E-state index contributed by atoms with van der Waals surface area (Å²) in [6.07, 6.45) is 3.15. The number of thioether (sulfide) groups is 3. The van der Waals surface area contributed by atoms with Gasteiger partial charge in [0, 0.05) is 16.2 Å². The predicted octanol–water partition coefficient (Wildman–Crippen LogP) is 6.09. The Kier molecular flexibility index (Phi) is 6.96. The van der Waals surface area contributed by atoms with E-state index in [1.165, 1.54) is 23.5 Å². The zero-order valence-electron chi connectivity index (χ0n) is 13.9. The summed E-state index contributed by atoms with van der Waals surface area (Å²) in [5, 5.41) is 3.03. The first-order valence-corrected chi connectivity index (χ1v) is 11.3. The van der Waals surface area contributed by atoms with Crippen molar-refractivity contribution in [2.24, 2.45) is 0 Å². The first-order valence-electron chi connectivity index (χ1n) is 8.25. The minimum Gasteiger partial charge on any atom is -0.321 e. The maximum Gasteiger partial charge on any atom is 0.255 e. The number of carbonyl (C=O) groups excluding carboxylic acids is 1. The van der Waals surface area contributed by atoms with Crippen molar-refractivity contribution in [2.45, 2.75) is 15.9 Å². The third kappa shape index (κ3) is 5.09. The molecule has 130 valence electrons. The summed E-state index contributed by atoms with van der Waals surface area (Å²) in [6.45, 7) is 3.75. The zero-order valence-corrected chi connectivity index (χ0v) is 16.4. The molecule has 1 amide bonds. The Bertz CT molecular complexity index is 724. The molecule has 1 aliphatic heterocycles. The van der Waals surface area contributed by atoms with Gasteiger partial charge in [-0.2, -0.15) is 0 Å². The van der Waals surface area contributed by atoms with E-state index in [1.807, 2.05) is 66.0 Å². The molecule has 0 saturated carbocycles. The maximum absolute atomic E-state index is 12.6. The van der Waals surface area contributed by atoms with Gasteiger partial charge in [-0.25, -0.2) is 0 Å². The van der Waals surface area contributed by atoms with Crippen LogP contribution in [0.4, 0.5) is 5.69 Å². The zero-order chi connectivity index (χ0) is 17.5. The summed E-state index contributed by atoms with van der Waals surface area (Å²) in [6, 6.07) is 15.9. The summed E-state index contributed by atoms with van der Waals surface area (Å²) in [5.41, 5.74) is 2.84. The van der Waals surface area contributed by atoms with Gasteiger partial charge in [-0.05, 0) is 47.8 Å². The van der Waals surface area contributed by atoms with E-state index < -0.39 is 0 Å². The van der Waals surface area contributed by atoms with Gasteiger partial charge in [0.1, 0.15) is 0 Å². The molecule has 3 rings (SSSR count). The molecule has 0 spiro atoms. The molecule has 0 bridgehead atoms. The second kappa shape index (κ2) is 9.41. The topological polar surface area (TPSA) is 29.1 Å². The van der Waals surface area contributed by atoms with Gasteiger partial charge >= 0.3 is 0 Å². The van der Waals surface area contributed by atoms with Gasteiger partial charge in [0.05, 0.1) is 10.3 Å². The van der Waals surface area contributed by atoms with Crippen LogP contribution in [0.3, 0.4) is 0 Å². The van der Waals surface area contributed by atoms with E-state index in [0.29, 0.717) is 10.1 Å². The van der Waals surface area contributed by atoms with Crippen LogP contribution in [-0.4, -0.2) is 23.2 Å². The molecule has 1 saturated heterocycles. The molecule has 2 aromatic carbocycles. The van der Waals surface area contributed by atoms with Crippen LogP contribution < -0.4 is 5.32 Å². The minimum atomic E-state index is -0.0675. The van der Waals surface area contributed by atoms with Crippen molar-refractivity contribution in [1.29, 1.82) is 0 Å². The highest BCUT2D eigenvalue weighted by Crippen LogP contribution is 2.43. The molecule has 25 heavy (non-hydrogen) atoms. The summed E-state index contributed by atoms with van der Waals surface area (Å²) >= 11 is 5.66. The lowest BCUT2D eigenvalue weighted by atomic mass is 10.1. The first kappa shape index (κ1) is 18.5. The molecule has 2 aromatic rings. The quantitative estimate of drug-likeness (QED) is 0.480. The molecular formula is C20H21NOS3. The van der Waals surface area contributed by atoms with Gasteiger partial charge < -0.3 is 5.32 Å². The molecule has 0 aromatic heterocycles. The van der Waals surface area contributed by atoms with Crippen LogP contribution in [0.25, 0.3) is 0 Å². The van der Waals surface area contributed by atoms with Crippen LogP contribution in [0.15, 0.2) is 66.1 Å². The lowest BCUT2D eigenvalue weighted by molar-refractivity contribution is 0.102. The maximum atomic E-state index is 12.6. The van der Waals surface area contributed by atoms with E-state index in [4.69, 9.17) is 0 Å². The highest BCUT2D eigenvalue weighted by Gasteiger charge is 2.17. The van der Waals surface area contributed by atoms with Crippen molar-refractivity contribution in [3.05, 3.63) is 72.3 Å². The fraction of sp³-hybridized carbons (Fsp3) is 0.250. The molecule has 1 fully saturated rings. The van der Waals surface area contributed by atoms with Crippen LogP contribution in [0.1, 0.15) is 26.9 Å². The van der Waals surface area contributed by atoms with E-state index in [1.54, 1.807) is 11.8 Å². The Morgan fingerprint density at radius 3 is 2.60 bits per heavy atom. The second-order valence-corrected chi connectivity index (χ2v) is 9.39. The average Bonchev–Trinajstić information content (AvgIpc) is 2.68. The van der Waals surface area contributed by atoms with Crippen LogP contribution >= 0.6 is 35.3 Å². The number of anilines is 1. The average molecular weight is 388 g/mol. The minimum absolute atomic E-state index is 0.0675. The van der Waals surface area contributed by atoms with Crippen LogP contribution in [0, 0.1) is 0 Å². The Morgan fingerprint density at radius 1 is 1.16 bits per heavy atom. The van der Waals surface area contributed by atoms with Crippen molar-refractivity contribution >= 4 is 46.9 Å². The number of hydrogen-bond acceptors (Lipinski definition) is 4. The number of amides is 1. The highest BCUT2D eigenvalue weighted by atomic mass is 32.2. The van der Waals surface area contributed by atoms with Gasteiger partial charge in [-0.1, -0.05) is 30.3 Å². The Morgan fingerprint density at radius 2 is 1.88 bits per heavy atom. The van der Waals surface area contributed by atoms with Gasteiger partial charge in [0.2, 0.25) is 0 Å². The Balaban J connectivity index is 1.68. The fourth-order valence-corrected chi connectivity index (χ4v) is 6.15. The predicted molar refractivity (Wildman–Crippen MR) is 114 cm³/mol. The number of hydrogen-bond donors (Lipinski definition) is 1. The first-order chi connectivity index (χ1) is 12.3. The van der Waals surface area contributed by atoms with Crippen molar-refractivity contribution in [3.8, 4) is 0 Å². The second-order valence-electron chi connectivity index (χ2n) is 5.60. The summed E-state index contributed by atoms with van der Waals surface area (Å²) in [5.74, 6) is 3.19. The van der Waals surface area contributed by atoms with Crippen LogP contribution in [0.5, 0.6) is 0 Å². The molecule has 5 heteroatoms. The number of benzene rings is 2. The summed E-state index contributed by atoms with van der Waals surface area (Å²) in [4.78, 5) is 13.6. The summed E-state index contributed by atoms with van der Waals surface area (Å²) in [7, 11) is 0. The van der Waals surface area contributed by atoms with Gasteiger partial charge in [-0.15, -0.1) is 41.9 Å². The number of nitrogens with one attached hydrogen (secondary N) is 1. The molecular weight excluding hydrogens is 366 g/mol. The Labute approximate surface area is 162 Å². The lowest BCUT2D eigenvalue weighted by Gasteiger charge is -2.21. The van der Waals surface area contributed by atoms with Crippen LogP contribution in [-0.2, 0) is 0 Å². The standard InChI is InChI=1S/C20H21NOS3/c1-2-12-23-18-7-4-3-6-17(18)21-19(22)15-8-10-16(11-9-15)20-24-13-5-14-25-20/h2-4,6-11,20H,1,5,12-14H2,(H,21,22). The smallest absolute Gasteiger partial charge is 0.255 e. The third-order valence-electron chi connectivity index (χ3n) is 3.76. The third-order valence-corrected chi connectivity index (χ3v) is 7.85. The highest BCUT2D eigenvalue weighted by molar-refractivity contribution is 8.16. The molecule has 0 radical (unpaired) electrons. The number of para-hydroxylation sites is 1. The van der Waals surface area contributed by atoms with Gasteiger partial charge in [0.15, 0.2) is 0 Å². The van der Waals surface area contributed by atoms with E-state index in [2.05, 4.69) is 24.0 Å². The Hall–Kier alpha value is -1.30. The van der Waals surface area contributed by atoms with E-state index >= 15 is 0 Å².